The summed E-state index contributed by atoms with van der Waals surface area (Å²) in [6, 6.07) is 0. The molecule has 0 saturated heterocycles. The number of ketones is 1. The van der Waals surface area contributed by atoms with Gasteiger partial charge in [0.2, 0.25) is 0 Å². The fraction of sp³-hybridized carbons (Fsp3) is 0.909. The number of quaternary nitrogens is 1. The molecule has 0 saturated carbocycles. The Kier molecular flexibility index (Phi) is 15.3. The largest absolute Gasteiger partial charge is 1.00 e. The molecule has 0 aliphatic heterocycles. The number of aliphatic hydroxyl groups excluding tert-OH is 6. The van der Waals surface area contributed by atoms with E-state index in [4.69, 9.17) is 30.6 Å². The zero-order valence-electron chi connectivity index (χ0n) is 12.0. The van der Waals surface area contributed by atoms with Gasteiger partial charge in [0.25, 0.3) is 0 Å². The van der Waals surface area contributed by atoms with E-state index in [9.17, 15) is 4.79 Å². The summed E-state index contributed by atoms with van der Waals surface area (Å²) in [7, 11) is 6.16. The van der Waals surface area contributed by atoms with Crippen molar-refractivity contribution in [2.45, 2.75) is 18.3 Å². The second kappa shape index (κ2) is 12.4. The molecule has 9 heteroatoms. The fourth-order valence-corrected chi connectivity index (χ4v) is 0.902. The Morgan fingerprint density at radius 3 is 1.70 bits per heavy atom. The molecule has 6 N–H and O–H groups in total. The minimum absolute atomic E-state index is 0. The van der Waals surface area contributed by atoms with Gasteiger partial charge in [0.1, 0.15) is 31.5 Å². The summed E-state index contributed by atoms with van der Waals surface area (Å²) in [6.45, 7) is -0.573. The quantitative estimate of drug-likeness (QED) is 0.256. The lowest BCUT2D eigenvalue weighted by atomic mass is 10.1. The van der Waals surface area contributed by atoms with Crippen LogP contribution in [0.2, 0.25) is 0 Å². The van der Waals surface area contributed by atoms with E-state index in [0.29, 0.717) is 0 Å². The third kappa shape index (κ3) is 12.7. The Hall–Kier alpha value is -0.320. The van der Waals surface area contributed by atoms with E-state index in [0.717, 1.165) is 11.0 Å². The van der Waals surface area contributed by atoms with Crippen molar-refractivity contribution in [3.05, 3.63) is 0 Å². The van der Waals surface area contributed by atoms with E-state index in [-0.39, 0.29) is 19.0 Å². The van der Waals surface area contributed by atoms with Crippen molar-refractivity contribution < 1.29 is 52.3 Å². The molecule has 0 spiro atoms. The number of carbonyl (C=O) groups is 1. The maximum absolute atomic E-state index is 10.5. The molecule has 0 aromatic rings. The van der Waals surface area contributed by atoms with Crippen LogP contribution in [0.4, 0.5) is 0 Å². The predicted octanol–water partition coefficient (Wildman–Crippen LogP) is -6.69. The average Bonchev–Trinajstić information content (AvgIpc) is 2.34. The average molecular weight is 320 g/mol. The lowest BCUT2D eigenvalue weighted by Crippen LogP contribution is -3.00. The first-order chi connectivity index (χ1) is 8.60. The van der Waals surface area contributed by atoms with E-state index >= 15 is 0 Å². The molecule has 8 nitrogen and oxygen atoms in total. The standard InChI is InChI=1S/C6H12O6.C5H14NO.ClH/c7-1-3(9)5(11)6(12)4(10)2-8;1-6(2,3)4-5-7;/h3,5-9,11-12H,1-2H2;7H,4-5H2,1-3H3;1H/q;+1;/p-1/t3-,5-,6-;;/m1../s1. The smallest absolute Gasteiger partial charge is 0.189 e. The van der Waals surface area contributed by atoms with Crippen molar-refractivity contribution >= 4 is 5.78 Å². The summed E-state index contributed by atoms with van der Waals surface area (Å²) in [5.74, 6) is -1.00. The van der Waals surface area contributed by atoms with Crippen molar-refractivity contribution in [2.24, 2.45) is 0 Å². The number of Topliss-reactive ketones (excluding diaryl/α,β-unsaturated/α-hetero) is 1. The molecule has 0 aromatic heterocycles. The van der Waals surface area contributed by atoms with Crippen molar-refractivity contribution in [1.82, 2.24) is 0 Å². The maximum atomic E-state index is 10.5. The van der Waals surface area contributed by atoms with Crippen LogP contribution in [0.3, 0.4) is 0 Å². The molecule has 3 atom stereocenters. The third-order valence-electron chi connectivity index (χ3n) is 2.16. The number of aliphatic hydroxyl groups is 6. The summed E-state index contributed by atoms with van der Waals surface area (Å²) >= 11 is 0. The van der Waals surface area contributed by atoms with Gasteiger partial charge in [0.15, 0.2) is 5.78 Å². The van der Waals surface area contributed by atoms with Gasteiger partial charge in [-0.25, -0.2) is 0 Å². The summed E-state index contributed by atoms with van der Waals surface area (Å²) in [5, 5.41) is 51.4. The number of hydrogen-bond donors (Lipinski definition) is 6. The highest BCUT2D eigenvalue weighted by atomic mass is 35.5. The van der Waals surface area contributed by atoms with Crippen LogP contribution in [0.5, 0.6) is 0 Å². The number of nitrogens with zero attached hydrogens (tertiary/aromatic N) is 1. The molecule has 0 radical (unpaired) electrons. The van der Waals surface area contributed by atoms with E-state index in [1.807, 2.05) is 0 Å². The molecule has 0 amide bonds. The molecule has 0 aromatic carbocycles. The van der Waals surface area contributed by atoms with Crippen LogP contribution in [-0.2, 0) is 4.79 Å². The monoisotopic (exact) mass is 319 g/mol. The summed E-state index contributed by atoms with van der Waals surface area (Å²) in [5.41, 5.74) is 0. The summed E-state index contributed by atoms with van der Waals surface area (Å²) in [4.78, 5) is 10.5. The summed E-state index contributed by atoms with van der Waals surface area (Å²) in [6.07, 6.45) is -5.22. The van der Waals surface area contributed by atoms with Gasteiger partial charge >= 0.3 is 0 Å². The lowest BCUT2D eigenvalue weighted by Gasteiger charge is -2.21. The van der Waals surface area contributed by atoms with Crippen molar-refractivity contribution in [3.63, 3.8) is 0 Å². The van der Waals surface area contributed by atoms with Gasteiger partial charge in [0, 0.05) is 0 Å². The van der Waals surface area contributed by atoms with Crippen molar-refractivity contribution in [3.8, 4) is 0 Å². The van der Waals surface area contributed by atoms with Crippen LogP contribution in [0.15, 0.2) is 0 Å². The first-order valence-corrected chi connectivity index (χ1v) is 5.80. The van der Waals surface area contributed by atoms with Crippen LogP contribution < -0.4 is 12.4 Å². The number of halogens is 1. The fourth-order valence-electron chi connectivity index (χ4n) is 0.902. The first kappa shape index (κ1) is 24.7. The highest BCUT2D eigenvalue weighted by Gasteiger charge is 2.28. The van der Waals surface area contributed by atoms with Crippen LogP contribution in [-0.4, -0.2) is 107 Å². The van der Waals surface area contributed by atoms with Crippen LogP contribution in [0, 0.1) is 0 Å². The predicted molar refractivity (Wildman–Crippen MR) is 67.2 cm³/mol. The highest BCUT2D eigenvalue weighted by molar-refractivity contribution is 5.84. The molecule has 0 heterocycles. The number of hydrogen-bond acceptors (Lipinski definition) is 7. The molecule has 0 fully saturated rings. The van der Waals surface area contributed by atoms with Crippen molar-refractivity contribution in [2.75, 3.05) is 47.5 Å². The zero-order chi connectivity index (χ0) is 15.6. The van der Waals surface area contributed by atoms with Gasteiger partial charge in [0.05, 0.1) is 34.4 Å². The molecule has 0 aliphatic carbocycles. The minimum atomic E-state index is -1.86. The Bertz CT molecular complexity index is 247. The minimum Gasteiger partial charge on any atom is -1.00 e. The molecule has 20 heavy (non-hydrogen) atoms. The van der Waals surface area contributed by atoms with Gasteiger partial charge in [-0.05, 0) is 0 Å². The molecule has 0 aliphatic rings. The Morgan fingerprint density at radius 1 is 1.05 bits per heavy atom. The van der Waals surface area contributed by atoms with E-state index in [2.05, 4.69) is 21.1 Å². The normalized spacial score (nSPS) is 15.2. The first-order valence-electron chi connectivity index (χ1n) is 5.80. The molecule has 0 bridgehead atoms. The summed E-state index contributed by atoms with van der Waals surface area (Å²) < 4.78 is 0.844. The second-order valence-electron chi connectivity index (χ2n) is 5.05. The lowest BCUT2D eigenvalue weighted by molar-refractivity contribution is -0.870. The SMILES string of the molecule is C[N+](C)(C)CCO.O=C(CO)[C@@H](O)[C@H](O)[C@H](O)CO.[Cl-]. The van der Waals surface area contributed by atoms with E-state index in [1.54, 1.807) is 0 Å². The molecular formula is C11H26ClNO7. The van der Waals surface area contributed by atoms with Gasteiger partial charge < -0.3 is 47.5 Å². The van der Waals surface area contributed by atoms with Crippen LogP contribution in [0.1, 0.15) is 0 Å². The Labute approximate surface area is 124 Å². The van der Waals surface area contributed by atoms with E-state index < -0.39 is 37.3 Å². The van der Waals surface area contributed by atoms with Crippen LogP contribution >= 0.6 is 0 Å². The Balaban J connectivity index is -0.000000312. The van der Waals surface area contributed by atoms with Gasteiger partial charge in [-0.15, -0.1) is 0 Å². The number of carbonyl (C=O) groups excluding carboxylic acids is 1. The maximum Gasteiger partial charge on any atom is 0.189 e. The van der Waals surface area contributed by atoms with Gasteiger partial charge in [-0.1, -0.05) is 0 Å². The third-order valence-corrected chi connectivity index (χ3v) is 2.16. The van der Waals surface area contributed by atoms with E-state index in [1.165, 1.54) is 0 Å². The Morgan fingerprint density at radius 2 is 1.50 bits per heavy atom. The highest BCUT2D eigenvalue weighted by Crippen LogP contribution is 2.00. The second-order valence-corrected chi connectivity index (χ2v) is 5.05. The van der Waals surface area contributed by atoms with Gasteiger partial charge in [-0.2, -0.15) is 0 Å². The van der Waals surface area contributed by atoms with Gasteiger partial charge in [-0.3, -0.25) is 4.79 Å². The zero-order valence-corrected chi connectivity index (χ0v) is 12.7. The topological polar surface area (TPSA) is 138 Å². The van der Waals surface area contributed by atoms with Crippen molar-refractivity contribution in [1.29, 1.82) is 0 Å². The molecule has 124 valence electrons. The molecule has 0 rings (SSSR count). The number of likely N-dealkylation sites (N-methyl/N-ethyl adjacent to an activating group) is 1. The molecule has 0 unspecified atom stereocenters. The van der Waals surface area contributed by atoms with Crippen LogP contribution in [0.25, 0.3) is 0 Å². The number of rotatable bonds is 7. The molecular weight excluding hydrogens is 294 g/mol.